The Morgan fingerprint density at radius 3 is 2.47 bits per heavy atom. The van der Waals surface area contributed by atoms with Crippen LogP contribution in [0.2, 0.25) is 0 Å². The van der Waals surface area contributed by atoms with Crippen molar-refractivity contribution >= 4 is 0 Å². The second kappa shape index (κ2) is 6.92. The molecule has 0 bridgehead atoms. The molecule has 0 spiro atoms. The van der Waals surface area contributed by atoms with E-state index in [0.29, 0.717) is 17.8 Å². The molecule has 1 unspecified atom stereocenters. The standard InChI is InChI=1S/C16H26N2O/c1-3-18-10-8-15(9-11-18)17-13(2)12-14-4-6-16(19)7-5-14/h4-7,13,15,17,19H,3,8-12H2,1-2H3. The number of hydrogen-bond acceptors (Lipinski definition) is 3. The van der Waals surface area contributed by atoms with Crippen LogP contribution < -0.4 is 5.32 Å². The van der Waals surface area contributed by atoms with Gasteiger partial charge in [-0.3, -0.25) is 0 Å². The Hall–Kier alpha value is -1.06. The zero-order valence-corrected chi connectivity index (χ0v) is 12.1. The third kappa shape index (κ3) is 4.51. The predicted molar refractivity (Wildman–Crippen MR) is 79.5 cm³/mol. The summed E-state index contributed by atoms with van der Waals surface area (Å²) < 4.78 is 0. The highest BCUT2D eigenvalue weighted by molar-refractivity contribution is 5.26. The number of benzene rings is 1. The second-order valence-electron chi connectivity index (χ2n) is 5.65. The Morgan fingerprint density at radius 1 is 1.26 bits per heavy atom. The molecule has 3 nitrogen and oxygen atoms in total. The Morgan fingerprint density at radius 2 is 1.89 bits per heavy atom. The van der Waals surface area contributed by atoms with Crippen molar-refractivity contribution in [2.75, 3.05) is 19.6 Å². The number of phenolic OH excluding ortho intramolecular Hbond substituents is 1. The molecule has 2 N–H and O–H groups in total. The van der Waals surface area contributed by atoms with Gasteiger partial charge in [-0.15, -0.1) is 0 Å². The first kappa shape index (κ1) is 14.4. The van der Waals surface area contributed by atoms with E-state index in [4.69, 9.17) is 0 Å². The highest BCUT2D eigenvalue weighted by Gasteiger charge is 2.19. The molecule has 0 radical (unpaired) electrons. The maximum absolute atomic E-state index is 9.28. The average Bonchev–Trinajstić information content (AvgIpc) is 2.42. The smallest absolute Gasteiger partial charge is 0.115 e. The Kier molecular flexibility index (Phi) is 5.23. The molecule has 1 saturated heterocycles. The van der Waals surface area contributed by atoms with Gasteiger partial charge < -0.3 is 15.3 Å². The highest BCUT2D eigenvalue weighted by Crippen LogP contribution is 2.14. The number of aromatic hydroxyl groups is 1. The van der Waals surface area contributed by atoms with Crippen LogP contribution in [-0.2, 0) is 6.42 Å². The Bertz CT molecular complexity index is 369. The van der Waals surface area contributed by atoms with Crippen LogP contribution in [0.4, 0.5) is 0 Å². The van der Waals surface area contributed by atoms with Gasteiger partial charge in [0, 0.05) is 12.1 Å². The number of likely N-dealkylation sites (tertiary alicyclic amines) is 1. The number of nitrogens with zero attached hydrogens (tertiary/aromatic N) is 1. The minimum absolute atomic E-state index is 0.344. The summed E-state index contributed by atoms with van der Waals surface area (Å²) in [4.78, 5) is 2.52. The SMILES string of the molecule is CCN1CCC(NC(C)Cc2ccc(O)cc2)CC1. The molecule has 0 saturated carbocycles. The lowest BCUT2D eigenvalue weighted by molar-refractivity contribution is 0.200. The van der Waals surface area contributed by atoms with Gasteiger partial charge in [-0.25, -0.2) is 0 Å². The first-order chi connectivity index (χ1) is 9.17. The zero-order chi connectivity index (χ0) is 13.7. The van der Waals surface area contributed by atoms with Gasteiger partial charge in [-0.05, 0) is 63.5 Å². The summed E-state index contributed by atoms with van der Waals surface area (Å²) in [6.45, 7) is 8.11. The summed E-state index contributed by atoms with van der Waals surface area (Å²) in [5, 5.41) is 13.0. The van der Waals surface area contributed by atoms with Crippen LogP contribution in [0.3, 0.4) is 0 Å². The predicted octanol–water partition coefficient (Wildman–Crippen LogP) is 2.40. The number of piperidine rings is 1. The molecule has 106 valence electrons. The largest absolute Gasteiger partial charge is 0.508 e. The summed E-state index contributed by atoms with van der Waals surface area (Å²) in [6, 6.07) is 8.70. The molecule has 1 fully saturated rings. The molecule has 1 heterocycles. The van der Waals surface area contributed by atoms with Crippen LogP contribution in [0.15, 0.2) is 24.3 Å². The van der Waals surface area contributed by atoms with Crippen LogP contribution in [0, 0.1) is 0 Å². The van der Waals surface area contributed by atoms with Gasteiger partial charge in [0.25, 0.3) is 0 Å². The first-order valence-corrected chi connectivity index (χ1v) is 7.43. The fourth-order valence-electron chi connectivity index (χ4n) is 2.86. The van der Waals surface area contributed by atoms with Gasteiger partial charge in [0.2, 0.25) is 0 Å². The lowest BCUT2D eigenvalue weighted by atomic mass is 10.0. The minimum Gasteiger partial charge on any atom is -0.508 e. The third-order valence-electron chi connectivity index (χ3n) is 4.03. The van der Waals surface area contributed by atoms with Gasteiger partial charge >= 0.3 is 0 Å². The average molecular weight is 262 g/mol. The summed E-state index contributed by atoms with van der Waals surface area (Å²) in [5.74, 6) is 0.344. The molecule has 19 heavy (non-hydrogen) atoms. The molecule has 0 aliphatic carbocycles. The Labute approximate surface area is 116 Å². The lowest BCUT2D eigenvalue weighted by Gasteiger charge is -2.33. The summed E-state index contributed by atoms with van der Waals surface area (Å²) >= 11 is 0. The van der Waals surface area contributed by atoms with Gasteiger partial charge in [-0.2, -0.15) is 0 Å². The van der Waals surface area contributed by atoms with E-state index in [-0.39, 0.29) is 0 Å². The quantitative estimate of drug-likeness (QED) is 0.855. The summed E-state index contributed by atoms with van der Waals surface area (Å²) in [5.41, 5.74) is 1.28. The van der Waals surface area contributed by atoms with Crippen LogP contribution in [0.5, 0.6) is 5.75 Å². The molecule has 2 rings (SSSR count). The van der Waals surface area contributed by atoms with Crippen molar-refractivity contribution in [2.24, 2.45) is 0 Å². The Balaban J connectivity index is 1.75. The number of hydrogen-bond donors (Lipinski definition) is 2. The van der Waals surface area contributed by atoms with Crippen LogP contribution in [-0.4, -0.2) is 41.7 Å². The van der Waals surface area contributed by atoms with Crippen molar-refractivity contribution in [1.29, 1.82) is 0 Å². The van der Waals surface area contributed by atoms with Crippen molar-refractivity contribution in [3.63, 3.8) is 0 Å². The zero-order valence-electron chi connectivity index (χ0n) is 12.1. The van der Waals surface area contributed by atoms with Gasteiger partial charge in [-0.1, -0.05) is 19.1 Å². The van der Waals surface area contributed by atoms with E-state index < -0.39 is 0 Å². The normalized spacial score (nSPS) is 19.5. The first-order valence-electron chi connectivity index (χ1n) is 7.43. The molecule has 1 aromatic rings. The number of phenols is 1. The van der Waals surface area contributed by atoms with E-state index in [1.165, 1.54) is 38.0 Å². The van der Waals surface area contributed by atoms with Crippen molar-refractivity contribution in [3.8, 4) is 5.75 Å². The van der Waals surface area contributed by atoms with E-state index in [0.717, 1.165) is 6.42 Å². The van der Waals surface area contributed by atoms with Crippen molar-refractivity contribution in [1.82, 2.24) is 10.2 Å². The minimum atomic E-state index is 0.344. The molecule has 0 aromatic heterocycles. The maximum atomic E-state index is 9.28. The fourth-order valence-corrected chi connectivity index (χ4v) is 2.86. The van der Waals surface area contributed by atoms with E-state index >= 15 is 0 Å². The molecule has 3 heteroatoms. The van der Waals surface area contributed by atoms with E-state index in [9.17, 15) is 5.11 Å². The molecule has 1 aliphatic rings. The number of rotatable bonds is 5. The van der Waals surface area contributed by atoms with Crippen LogP contribution in [0.25, 0.3) is 0 Å². The van der Waals surface area contributed by atoms with Gasteiger partial charge in [0.1, 0.15) is 5.75 Å². The van der Waals surface area contributed by atoms with Crippen LogP contribution in [0.1, 0.15) is 32.3 Å². The van der Waals surface area contributed by atoms with Crippen LogP contribution >= 0.6 is 0 Å². The van der Waals surface area contributed by atoms with Crippen molar-refractivity contribution < 1.29 is 5.11 Å². The van der Waals surface area contributed by atoms with E-state index in [1.807, 2.05) is 12.1 Å². The second-order valence-corrected chi connectivity index (χ2v) is 5.65. The van der Waals surface area contributed by atoms with Crippen molar-refractivity contribution in [2.45, 2.75) is 45.2 Å². The molecule has 0 amide bonds. The molecular weight excluding hydrogens is 236 g/mol. The highest BCUT2D eigenvalue weighted by atomic mass is 16.3. The number of nitrogens with one attached hydrogen (secondary N) is 1. The molecule has 1 atom stereocenters. The summed E-state index contributed by atoms with van der Waals surface area (Å²) in [6.07, 6.45) is 3.54. The fraction of sp³-hybridized carbons (Fsp3) is 0.625. The monoisotopic (exact) mass is 262 g/mol. The molecule has 1 aliphatic heterocycles. The van der Waals surface area contributed by atoms with E-state index in [2.05, 4.69) is 24.1 Å². The lowest BCUT2D eigenvalue weighted by Crippen LogP contribution is -2.45. The summed E-state index contributed by atoms with van der Waals surface area (Å²) in [7, 11) is 0. The third-order valence-corrected chi connectivity index (χ3v) is 4.03. The van der Waals surface area contributed by atoms with Gasteiger partial charge in [0.05, 0.1) is 0 Å². The topological polar surface area (TPSA) is 35.5 Å². The van der Waals surface area contributed by atoms with Crippen molar-refractivity contribution in [3.05, 3.63) is 29.8 Å². The van der Waals surface area contributed by atoms with E-state index in [1.54, 1.807) is 12.1 Å². The maximum Gasteiger partial charge on any atom is 0.115 e. The molecule has 1 aromatic carbocycles. The van der Waals surface area contributed by atoms with Gasteiger partial charge in [0.15, 0.2) is 0 Å². The molecular formula is C16H26N2O.